The summed E-state index contributed by atoms with van der Waals surface area (Å²) >= 11 is 3.47. The molecule has 3 N–H and O–H groups in total. The van der Waals surface area contributed by atoms with Crippen molar-refractivity contribution in [2.75, 3.05) is 0 Å². The second-order valence-corrected chi connectivity index (χ2v) is 5.04. The fourth-order valence-corrected chi connectivity index (χ4v) is 2.41. The second kappa shape index (κ2) is 6.04. The van der Waals surface area contributed by atoms with Gasteiger partial charge in [-0.3, -0.25) is 4.79 Å². The van der Waals surface area contributed by atoms with Crippen LogP contribution in [0.4, 0.5) is 0 Å². The van der Waals surface area contributed by atoms with Crippen molar-refractivity contribution in [1.82, 2.24) is 5.32 Å². The molecule has 1 atom stereocenters. The molecule has 19 heavy (non-hydrogen) atoms. The number of rotatable bonds is 4. The van der Waals surface area contributed by atoms with E-state index in [1.165, 1.54) is 0 Å². The van der Waals surface area contributed by atoms with E-state index in [2.05, 4.69) is 21.2 Å². The Labute approximate surface area is 120 Å². The maximum atomic E-state index is 12.0. The van der Waals surface area contributed by atoms with Crippen LogP contribution in [0.5, 0.6) is 0 Å². The van der Waals surface area contributed by atoms with E-state index >= 15 is 0 Å². The lowest BCUT2D eigenvalue weighted by atomic mass is 10.1. The second-order valence-electron chi connectivity index (χ2n) is 4.19. The summed E-state index contributed by atoms with van der Waals surface area (Å²) in [7, 11) is 0. The fraction of sp³-hybridized carbons (Fsp3) is 0.214. The highest BCUT2D eigenvalue weighted by molar-refractivity contribution is 9.10. The Morgan fingerprint density at radius 3 is 2.74 bits per heavy atom. The Hall–Kier alpha value is -1.59. The summed E-state index contributed by atoms with van der Waals surface area (Å²) < 4.78 is 6.28. The van der Waals surface area contributed by atoms with Gasteiger partial charge in [0, 0.05) is 4.47 Å². The molecule has 0 aliphatic carbocycles. The van der Waals surface area contributed by atoms with Crippen LogP contribution in [0.1, 0.15) is 34.8 Å². The van der Waals surface area contributed by atoms with Gasteiger partial charge in [0.2, 0.25) is 0 Å². The van der Waals surface area contributed by atoms with Gasteiger partial charge in [-0.05, 0) is 30.7 Å². The lowest BCUT2D eigenvalue weighted by molar-refractivity contribution is 0.0910. The van der Waals surface area contributed by atoms with Crippen LogP contribution in [0.15, 0.2) is 45.3 Å². The average molecular weight is 323 g/mol. The molecule has 4 nitrogen and oxygen atoms in total. The highest BCUT2D eigenvalue weighted by Gasteiger charge is 2.15. The zero-order valence-corrected chi connectivity index (χ0v) is 12.1. The summed E-state index contributed by atoms with van der Waals surface area (Å²) in [6, 6.07) is 11.0. The Balaban J connectivity index is 2.08. The van der Waals surface area contributed by atoms with E-state index in [4.69, 9.17) is 10.2 Å². The van der Waals surface area contributed by atoms with Crippen LogP contribution in [-0.4, -0.2) is 5.91 Å². The Morgan fingerprint density at radius 1 is 1.37 bits per heavy atom. The van der Waals surface area contributed by atoms with Crippen molar-refractivity contribution in [2.24, 2.45) is 5.73 Å². The predicted molar refractivity (Wildman–Crippen MR) is 76.6 cm³/mol. The Bertz CT molecular complexity index is 580. The number of hydrogen-bond donors (Lipinski definition) is 2. The number of hydrogen-bond acceptors (Lipinski definition) is 3. The molecule has 0 aliphatic rings. The molecule has 0 aliphatic heterocycles. The molecule has 0 unspecified atom stereocenters. The zero-order valence-electron chi connectivity index (χ0n) is 10.5. The third-order valence-electron chi connectivity index (χ3n) is 2.81. The molecule has 2 rings (SSSR count). The quantitative estimate of drug-likeness (QED) is 0.909. The van der Waals surface area contributed by atoms with Crippen LogP contribution in [-0.2, 0) is 6.54 Å². The number of amides is 1. The SMILES string of the molecule is C[C@H](NC(=O)c1ccc(CN)o1)c1ccccc1Br. The fourth-order valence-electron chi connectivity index (χ4n) is 1.78. The van der Waals surface area contributed by atoms with Crippen molar-refractivity contribution in [1.29, 1.82) is 0 Å². The number of carbonyl (C=O) groups is 1. The Morgan fingerprint density at radius 2 is 2.11 bits per heavy atom. The van der Waals surface area contributed by atoms with Gasteiger partial charge in [-0.25, -0.2) is 0 Å². The first-order valence-electron chi connectivity index (χ1n) is 5.96. The average Bonchev–Trinajstić information content (AvgIpc) is 2.88. The smallest absolute Gasteiger partial charge is 0.287 e. The number of furan rings is 1. The van der Waals surface area contributed by atoms with E-state index in [0.29, 0.717) is 5.76 Å². The maximum absolute atomic E-state index is 12.0. The summed E-state index contributed by atoms with van der Waals surface area (Å²) in [6.45, 7) is 2.21. The van der Waals surface area contributed by atoms with E-state index in [1.54, 1.807) is 12.1 Å². The molecular formula is C14H15BrN2O2. The summed E-state index contributed by atoms with van der Waals surface area (Å²) in [5.41, 5.74) is 6.46. The molecule has 1 aromatic heterocycles. The highest BCUT2D eigenvalue weighted by Crippen LogP contribution is 2.23. The molecule has 1 aromatic carbocycles. The van der Waals surface area contributed by atoms with Gasteiger partial charge in [-0.15, -0.1) is 0 Å². The Kier molecular flexibility index (Phi) is 4.39. The minimum Gasteiger partial charge on any atom is -0.455 e. The van der Waals surface area contributed by atoms with Crippen molar-refractivity contribution < 1.29 is 9.21 Å². The lowest BCUT2D eigenvalue weighted by Crippen LogP contribution is -2.26. The van der Waals surface area contributed by atoms with Gasteiger partial charge >= 0.3 is 0 Å². The van der Waals surface area contributed by atoms with Gasteiger partial charge in [-0.2, -0.15) is 0 Å². The molecule has 0 fully saturated rings. The minimum absolute atomic E-state index is 0.116. The molecule has 0 radical (unpaired) electrons. The van der Waals surface area contributed by atoms with Gasteiger partial charge in [0.05, 0.1) is 12.6 Å². The number of halogens is 1. The zero-order chi connectivity index (χ0) is 13.8. The summed E-state index contributed by atoms with van der Waals surface area (Å²) in [6.07, 6.45) is 0. The highest BCUT2D eigenvalue weighted by atomic mass is 79.9. The largest absolute Gasteiger partial charge is 0.455 e. The topological polar surface area (TPSA) is 68.3 Å². The first-order chi connectivity index (χ1) is 9.11. The van der Waals surface area contributed by atoms with Crippen molar-refractivity contribution >= 4 is 21.8 Å². The van der Waals surface area contributed by atoms with E-state index in [0.717, 1.165) is 10.0 Å². The molecular weight excluding hydrogens is 308 g/mol. The van der Waals surface area contributed by atoms with Gasteiger partial charge in [0.25, 0.3) is 5.91 Å². The molecule has 0 spiro atoms. The summed E-state index contributed by atoms with van der Waals surface area (Å²) in [5, 5.41) is 2.89. The van der Waals surface area contributed by atoms with E-state index < -0.39 is 0 Å². The van der Waals surface area contributed by atoms with Crippen molar-refractivity contribution in [3.05, 3.63) is 58.0 Å². The molecule has 0 saturated heterocycles. The number of nitrogens with one attached hydrogen (secondary N) is 1. The molecule has 0 saturated carbocycles. The van der Waals surface area contributed by atoms with E-state index in [9.17, 15) is 4.79 Å². The molecule has 5 heteroatoms. The van der Waals surface area contributed by atoms with Crippen molar-refractivity contribution in [2.45, 2.75) is 19.5 Å². The summed E-state index contributed by atoms with van der Waals surface area (Å²) in [4.78, 5) is 12.0. The predicted octanol–water partition coefficient (Wildman–Crippen LogP) is 2.99. The molecule has 0 bridgehead atoms. The number of nitrogens with two attached hydrogens (primary N) is 1. The third kappa shape index (κ3) is 3.24. The summed E-state index contributed by atoms with van der Waals surface area (Å²) in [5.74, 6) is 0.626. The normalized spacial score (nSPS) is 12.2. The number of carbonyl (C=O) groups excluding carboxylic acids is 1. The van der Waals surface area contributed by atoms with E-state index in [-0.39, 0.29) is 24.3 Å². The van der Waals surface area contributed by atoms with Crippen LogP contribution in [0, 0.1) is 0 Å². The maximum Gasteiger partial charge on any atom is 0.287 e. The van der Waals surface area contributed by atoms with Gasteiger partial charge < -0.3 is 15.5 Å². The first kappa shape index (κ1) is 13.8. The lowest BCUT2D eigenvalue weighted by Gasteiger charge is -2.14. The molecule has 1 amide bonds. The standard InChI is InChI=1S/C14H15BrN2O2/c1-9(11-4-2-3-5-12(11)15)17-14(18)13-7-6-10(8-16)19-13/h2-7,9H,8,16H2,1H3,(H,17,18)/t9-/m0/s1. The molecule has 2 aromatic rings. The van der Waals surface area contributed by atoms with Gasteiger partial charge in [-0.1, -0.05) is 34.1 Å². The van der Waals surface area contributed by atoms with Gasteiger partial charge in [0.15, 0.2) is 5.76 Å². The van der Waals surface area contributed by atoms with Crippen LogP contribution in [0.25, 0.3) is 0 Å². The third-order valence-corrected chi connectivity index (χ3v) is 3.53. The molecule has 100 valence electrons. The monoisotopic (exact) mass is 322 g/mol. The molecule has 1 heterocycles. The first-order valence-corrected chi connectivity index (χ1v) is 6.75. The minimum atomic E-state index is -0.247. The van der Waals surface area contributed by atoms with E-state index in [1.807, 2.05) is 31.2 Å². The van der Waals surface area contributed by atoms with Gasteiger partial charge in [0.1, 0.15) is 5.76 Å². The van der Waals surface area contributed by atoms with Crippen LogP contribution in [0.2, 0.25) is 0 Å². The van der Waals surface area contributed by atoms with Crippen molar-refractivity contribution in [3.8, 4) is 0 Å². The number of benzene rings is 1. The van der Waals surface area contributed by atoms with Crippen LogP contribution < -0.4 is 11.1 Å². The van der Waals surface area contributed by atoms with Crippen LogP contribution in [0.3, 0.4) is 0 Å². The van der Waals surface area contributed by atoms with Crippen LogP contribution >= 0.6 is 15.9 Å². The van der Waals surface area contributed by atoms with Crippen molar-refractivity contribution in [3.63, 3.8) is 0 Å².